The normalized spacial score (nSPS) is 24.8. The molecule has 37 heavy (non-hydrogen) atoms. The van der Waals surface area contributed by atoms with Crippen molar-refractivity contribution in [1.82, 2.24) is 9.55 Å². The number of aromatic nitrogens is 2. The van der Waals surface area contributed by atoms with E-state index in [0.717, 1.165) is 47.3 Å². The second kappa shape index (κ2) is 9.81. The summed E-state index contributed by atoms with van der Waals surface area (Å²) in [6, 6.07) is 18.0. The minimum atomic E-state index is -0.457. The largest absolute Gasteiger partial charge is 0.461 e. The van der Waals surface area contributed by atoms with Crippen LogP contribution in [0.2, 0.25) is 0 Å². The molecule has 3 aromatic rings. The molecule has 0 saturated heterocycles. The number of imidazole rings is 1. The van der Waals surface area contributed by atoms with Crippen molar-refractivity contribution in [1.29, 1.82) is 0 Å². The van der Waals surface area contributed by atoms with E-state index in [0.29, 0.717) is 17.8 Å². The molecule has 0 bridgehead atoms. The molecule has 6 rings (SSSR count). The van der Waals surface area contributed by atoms with E-state index in [1.807, 2.05) is 25.1 Å². The fourth-order valence-corrected chi connectivity index (χ4v) is 6.45. The van der Waals surface area contributed by atoms with Crippen molar-refractivity contribution in [2.75, 3.05) is 4.90 Å². The van der Waals surface area contributed by atoms with E-state index >= 15 is 0 Å². The Morgan fingerprint density at radius 1 is 0.946 bits per heavy atom. The Morgan fingerprint density at radius 2 is 1.62 bits per heavy atom. The van der Waals surface area contributed by atoms with Gasteiger partial charge in [-0.3, -0.25) is 0 Å². The summed E-state index contributed by atoms with van der Waals surface area (Å²) >= 11 is 0. The molecule has 3 aliphatic rings. The average molecular weight is 500 g/mol. The van der Waals surface area contributed by atoms with Gasteiger partial charge < -0.3 is 14.2 Å². The lowest BCUT2D eigenvalue weighted by molar-refractivity contribution is -0.159. The van der Waals surface area contributed by atoms with Crippen molar-refractivity contribution >= 4 is 22.7 Å². The number of para-hydroxylation sites is 2. The number of fused-ring (bicyclic) bond motifs is 1. The molecule has 3 fully saturated rings. The van der Waals surface area contributed by atoms with Crippen molar-refractivity contribution < 1.29 is 9.53 Å². The number of carbonyl (C=O) groups excluding carboxylic acids is 1. The molecule has 3 aliphatic carbocycles. The fourth-order valence-electron chi connectivity index (χ4n) is 6.45. The highest BCUT2D eigenvalue weighted by atomic mass is 16.5. The molecule has 2 aromatic carbocycles. The van der Waals surface area contributed by atoms with E-state index in [1.54, 1.807) is 0 Å². The summed E-state index contributed by atoms with van der Waals surface area (Å²) in [7, 11) is 0. The fraction of sp³-hybridized carbons (Fsp3) is 0.562. The minimum Gasteiger partial charge on any atom is -0.461 e. The highest BCUT2D eigenvalue weighted by Gasteiger charge is 2.39. The second-order valence-corrected chi connectivity index (χ2v) is 12.2. The van der Waals surface area contributed by atoms with Crippen LogP contribution in [0.1, 0.15) is 78.7 Å². The number of hydrogen-bond donors (Lipinski definition) is 0. The van der Waals surface area contributed by atoms with Crippen LogP contribution in [0.4, 0.5) is 5.69 Å². The molecule has 1 heterocycles. The van der Waals surface area contributed by atoms with Crippen LogP contribution < -0.4 is 4.90 Å². The van der Waals surface area contributed by atoms with E-state index in [-0.39, 0.29) is 12.1 Å². The van der Waals surface area contributed by atoms with E-state index in [2.05, 4.69) is 60.6 Å². The average Bonchev–Trinajstić information content (AvgIpc) is 3.83. The Labute approximate surface area is 221 Å². The Morgan fingerprint density at radius 3 is 2.27 bits per heavy atom. The summed E-state index contributed by atoms with van der Waals surface area (Å²) in [6.45, 7) is 8.75. The van der Waals surface area contributed by atoms with Gasteiger partial charge in [-0.25, -0.2) is 9.78 Å². The zero-order valence-corrected chi connectivity index (χ0v) is 22.8. The molecule has 3 saturated carbocycles. The van der Waals surface area contributed by atoms with Crippen molar-refractivity contribution in [2.24, 2.45) is 17.8 Å². The first-order valence-electron chi connectivity index (χ1n) is 14.5. The smallest absolute Gasteiger partial charge is 0.329 e. The lowest BCUT2D eigenvalue weighted by Gasteiger charge is -2.37. The van der Waals surface area contributed by atoms with Crippen LogP contribution in [0.3, 0.4) is 0 Å². The van der Waals surface area contributed by atoms with E-state index in [1.165, 1.54) is 37.8 Å². The number of nitrogens with zero attached hydrogens (tertiary/aromatic N) is 3. The maximum atomic E-state index is 13.6. The van der Waals surface area contributed by atoms with Crippen LogP contribution in [-0.2, 0) is 9.53 Å². The van der Waals surface area contributed by atoms with Crippen molar-refractivity contribution in [3.63, 3.8) is 0 Å². The maximum absolute atomic E-state index is 13.6. The molecule has 0 radical (unpaired) electrons. The van der Waals surface area contributed by atoms with Crippen LogP contribution in [0.15, 0.2) is 48.5 Å². The monoisotopic (exact) mass is 499 g/mol. The summed E-state index contributed by atoms with van der Waals surface area (Å²) in [4.78, 5) is 21.3. The van der Waals surface area contributed by atoms with Gasteiger partial charge in [0.1, 0.15) is 18.0 Å². The second-order valence-electron chi connectivity index (χ2n) is 12.2. The standard InChI is InChI=1S/C32H41N3O2/c1-20(2)27-18-9-21(3)19-30(27)37-32(36)22(4)34-29-8-6-5-7-28(29)33-31(34)23-10-12-24(13-11-23)35(25-14-15-25)26-16-17-26/h5-8,10-13,20-22,25-27,30H,9,14-19H2,1-4H3/t21?,22-,27?,30-/m1/s1. The lowest BCUT2D eigenvalue weighted by atomic mass is 9.75. The third kappa shape index (κ3) is 4.89. The lowest BCUT2D eigenvalue weighted by Crippen LogP contribution is -2.37. The van der Waals surface area contributed by atoms with Crippen molar-refractivity contribution in [3.05, 3.63) is 48.5 Å². The zero-order valence-electron chi connectivity index (χ0n) is 22.8. The quantitative estimate of drug-likeness (QED) is 0.303. The minimum absolute atomic E-state index is 0.00736. The van der Waals surface area contributed by atoms with Crippen molar-refractivity contribution in [3.8, 4) is 11.4 Å². The summed E-state index contributed by atoms with van der Waals surface area (Å²) < 4.78 is 8.37. The Hall–Kier alpha value is -2.82. The SMILES string of the molecule is CC1CCC(C(C)C)[C@H](OC(=O)[C@@H](C)n2c(-c3ccc(N(C4CC4)C4CC4)cc3)nc3ccccc32)C1. The van der Waals surface area contributed by atoms with Gasteiger partial charge in [0.15, 0.2) is 0 Å². The first-order valence-corrected chi connectivity index (χ1v) is 14.5. The predicted octanol–water partition coefficient (Wildman–Crippen LogP) is 7.40. The molecule has 0 amide bonds. The van der Waals surface area contributed by atoms with Gasteiger partial charge in [0.25, 0.3) is 0 Å². The summed E-state index contributed by atoms with van der Waals surface area (Å²) in [5, 5.41) is 0. The summed E-state index contributed by atoms with van der Waals surface area (Å²) in [6.07, 6.45) is 8.55. The Kier molecular flexibility index (Phi) is 6.50. The summed E-state index contributed by atoms with van der Waals surface area (Å²) in [5.41, 5.74) is 4.23. The first kappa shape index (κ1) is 24.5. The first-order chi connectivity index (χ1) is 17.9. The van der Waals surface area contributed by atoms with Crippen LogP contribution in [-0.4, -0.2) is 33.7 Å². The highest BCUT2D eigenvalue weighted by Crippen LogP contribution is 2.42. The van der Waals surface area contributed by atoms with Crippen LogP contribution in [0.25, 0.3) is 22.4 Å². The van der Waals surface area contributed by atoms with Gasteiger partial charge in [0, 0.05) is 23.3 Å². The molecule has 0 spiro atoms. The number of carbonyl (C=O) groups is 1. The maximum Gasteiger partial charge on any atom is 0.329 e. The number of ether oxygens (including phenoxy) is 1. The van der Waals surface area contributed by atoms with Crippen LogP contribution in [0, 0.1) is 17.8 Å². The Bertz CT molecular complexity index is 1240. The van der Waals surface area contributed by atoms with E-state index in [4.69, 9.17) is 9.72 Å². The van der Waals surface area contributed by atoms with Gasteiger partial charge in [-0.2, -0.15) is 0 Å². The van der Waals surface area contributed by atoms with E-state index < -0.39 is 6.04 Å². The van der Waals surface area contributed by atoms with Gasteiger partial charge in [-0.1, -0.05) is 39.3 Å². The van der Waals surface area contributed by atoms with Gasteiger partial charge in [-0.05, 0) is 99.6 Å². The third-order valence-electron chi connectivity index (χ3n) is 8.86. The molecule has 5 nitrogen and oxygen atoms in total. The van der Waals surface area contributed by atoms with Gasteiger partial charge in [0.2, 0.25) is 0 Å². The van der Waals surface area contributed by atoms with Gasteiger partial charge in [0.05, 0.1) is 11.0 Å². The topological polar surface area (TPSA) is 47.4 Å². The Balaban J connectivity index is 1.30. The molecule has 1 aromatic heterocycles. The molecule has 0 N–H and O–H groups in total. The van der Waals surface area contributed by atoms with Crippen molar-refractivity contribution in [2.45, 2.75) is 96.9 Å². The van der Waals surface area contributed by atoms with Gasteiger partial charge >= 0.3 is 5.97 Å². The molecule has 4 atom stereocenters. The molecular formula is C32H41N3O2. The number of anilines is 1. The molecule has 0 aliphatic heterocycles. The molecular weight excluding hydrogens is 458 g/mol. The number of benzene rings is 2. The molecule has 2 unspecified atom stereocenters. The third-order valence-corrected chi connectivity index (χ3v) is 8.86. The zero-order chi connectivity index (χ0) is 25.7. The number of esters is 1. The summed E-state index contributed by atoms with van der Waals surface area (Å²) in [5.74, 6) is 2.21. The highest BCUT2D eigenvalue weighted by molar-refractivity contribution is 5.85. The van der Waals surface area contributed by atoms with E-state index in [9.17, 15) is 4.79 Å². The van der Waals surface area contributed by atoms with Crippen LogP contribution in [0.5, 0.6) is 0 Å². The van der Waals surface area contributed by atoms with Gasteiger partial charge in [-0.15, -0.1) is 0 Å². The number of hydrogen-bond acceptors (Lipinski definition) is 4. The predicted molar refractivity (Wildman–Crippen MR) is 150 cm³/mol. The molecule has 196 valence electrons. The number of rotatable bonds is 8. The van der Waals surface area contributed by atoms with Crippen LogP contribution >= 0.6 is 0 Å². The molecule has 5 heteroatoms.